The Morgan fingerprint density at radius 2 is 1.85 bits per heavy atom. The molecule has 1 aromatic carbocycles. The van der Waals surface area contributed by atoms with Crippen molar-refractivity contribution in [3.05, 3.63) is 33.4 Å². The van der Waals surface area contributed by atoms with Gasteiger partial charge in [-0.25, -0.2) is 0 Å². The van der Waals surface area contributed by atoms with Crippen LogP contribution in [0.1, 0.15) is 31.9 Å². The number of aliphatic hydroxyl groups excluding tert-OH is 1. The van der Waals surface area contributed by atoms with Gasteiger partial charge in [-0.05, 0) is 46.2 Å². The van der Waals surface area contributed by atoms with Crippen LogP contribution in [0.2, 0.25) is 0 Å². The standard InChI is InChI=1S/C11H15IO/c1-3-8(2)11(13)9-4-6-10(12)7-5-9/h4-8,11,13H,3H2,1-2H3. The van der Waals surface area contributed by atoms with Gasteiger partial charge >= 0.3 is 0 Å². The Morgan fingerprint density at radius 3 is 2.31 bits per heavy atom. The van der Waals surface area contributed by atoms with Crippen LogP contribution in [0, 0.1) is 9.49 Å². The molecule has 2 heteroatoms. The monoisotopic (exact) mass is 290 g/mol. The fourth-order valence-corrected chi connectivity index (χ4v) is 1.57. The zero-order valence-corrected chi connectivity index (χ0v) is 10.2. The second kappa shape index (κ2) is 4.96. The Labute approximate surface area is 93.3 Å². The summed E-state index contributed by atoms with van der Waals surface area (Å²) in [6.45, 7) is 4.17. The summed E-state index contributed by atoms with van der Waals surface area (Å²) >= 11 is 2.26. The van der Waals surface area contributed by atoms with E-state index in [1.54, 1.807) is 0 Å². The van der Waals surface area contributed by atoms with Crippen molar-refractivity contribution in [2.24, 2.45) is 5.92 Å². The molecule has 0 bridgehead atoms. The van der Waals surface area contributed by atoms with Crippen molar-refractivity contribution < 1.29 is 5.11 Å². The average Bonchev–Trinajstić information content (AvgIpc) is 2.17. The van der Waals surface area contributed by atoms with Gasteiger partial charge in [-0.3, -0.25) is 0 Å². The van der Waals surface area contributed by atoms with Gasteiger partial charge in [0.05, 0.1) is 6.10 Å². The molecule has 0 saturated heterocycles. The minimum atomic E-state index is -0.318. The van der Waals surface area contributed by atoms with Gasteiger partial charge in [0.2, 0.25) is 0 Å². The zero-order chi connectivity index (χ0) is 9.84. The van der Waals surface area contributed by atoms with Gasteiger partial charge in [-0.1, -0.05) is 32.4 Å². The van der Waals surface area contributed by atoms with Gasteiger partial charge < -0.3 is 5.11 Å². The summed E-state index contributed by atoms with van der Waals surface area (Å²) in [5.41, 5.74) is 1.02. The normalized spacial score (nSPS) is 15.4. The highest BCUT2D eigenvalue weighted by Gasteiger charge is 2.13. The van der Waals surface area contributed by atoms with Crippen molar-refractivity contribution in [1.82, 2.24) is 0 Å². The van der Waals surface area contributed by atoms with Gasteiger partial charge in [-0.15, -0.1) is 0 Å². The van der Waals surface area contributed by atoms with Crippen molar-refractivity contribution in [1.29, 1.82) is 0 Å². The van der Waals surface area contributed by atoms with Crippen molar-refractivity contribution in [3.8, 4) is 0 Å². The van der Waals surface area contributed by atoms with E-state index in [9.17, 15) is 5.11 Å². The van der Waals surface area contributed by atoms with Crippen molar-refractivity contribution in [2.45, 2.75) is 26.4 Å². The molecule has 0 amide bonds. The molecule has 0 radical (unpaired) electrons. The largest absolute Gasteiger partial charge is 0.388 e. The third-order valence-electron chi connectivity index (χ3n) is 2.39. The van der Waals surface area contributed by atoms with Crippen LogP contribution in [0.4, 0.5) is 0 Å². The van der Waals surface area contributed by atoms with Crippen LogP contribution in [-0.4, -0.2) is 5.11 Å². The van der Waals surface area contributed by atoms with Gasteiger partial charge in [0, 0.05) is 3.57 Å². The first-order valence-corrected chi connectivity index (χ1v) is 5.66. The predicted octanol–water partition coefficient (Wildman–Crippen LogP) is 3.37. The molecular weight excluding hydrogens is 275 g/mol. The molecule has 72 valence electrons. The Kier molecular flexibility index (Phi) is 4.19. The molecule has 13 heavy (non-hydrogen) atoms. The van der Waals surface area contributed by atoms with Crippen LogP contribution in [-0.2, 0) is 0 Å². The van der Waals surface area contributed by atoms with Gasteiger partial charge in [0.1, 0.15) is 0 Å². The summed E-state index contributed by atoms with van der Waals surface area (Å²) in [6, 6.07) is 8.06. The number of rotatable bonds is 3. The quantitative estimate of drug-likeness (QED) is 0.846. The van der Waals surface area contributed by atoms with E-state index in [0.29, 0.717) is 5.92 Å². The lowest BCUT2D eigenvalue weighted by molar-refractivity contribution is 0.115. The molecule has 1 nitrogen and oxygen atoms in total. The van der Waals surface area contributed by atoms with E-state index in [-0.39, 0.29) is 6.10 Å². The number of aliphatic hydroxyl groups is 1. The van der Waals surface area contributed by atoms with Crippen LogP contribution in [0.3, 0.4) is 0 Å². The Bertz CT molecular complexity index is 255. The first kappa shape index (κ1) is 11.0. The van der Waals surface area contributed by atoms with E-state index < -0.39 is 0 Å². The summed E-state index contributed by atoms with van der Waals surface area (Å²) in [7, 11) is 0. The molecule has 2 atom stereocenters. The van der Waals surface area contributed by atoms with Crippen molar-refractivity contribution in [3.63, 3.8) is 0 Å². The molecule has 0 aliphatic heterocycles. The molecule has 2 unspecified atom stereocenters. The summed E-state index contributed by atoms with van der Waals surface area (Å²) in [5, 5.41) is 9.88. The van der Waals surface area contributed by atoms with E-state index in [1.165, 1.54) is 3.57 Å². The summed E-state index contributed by atoms with van der Waals surface area (Å²) in [6.07, 6.45) is 0.690. The number of benzene rings is 1. The maximum Gasteiger partial charge on any atom is 0.0815 e. The van der Waals surface area contributed by atoms with Gasteiger partial charge in [0.25, 0.3) is 0 Å². The van der Waals surface area contributed by atoms with E-state index >= 15 is 0 Å². The molecule has 1 rings (SSSR count). The second-order valence-corrected chi connectivity index (χ2v) is 4.63. The van der Waals surface area contributed by atoms with E-state index in [1.807, 2.05) is 24.3 Å². The molecular formula is C11H15IO. The van der Waals surface area contributed by atoms with E-state index in [4.69, 9.17) is 0 Å². The third kappa shape index (κ3) is 2.95. The first-order chi connectivity index (χ1) is 6.15. The predicted molar refractivity (Wildman–Crippen MR) is 63.6 cm³/mol. The van der Waals surface area contributed by atoms with Crippen molar-refractivity contribution in [2.75, 3.05) is 0 Å². The number of hydrogen-bond donors (Lipinski definition) is 1. The molecule has 0 aliphatic rings. The topological polar surface area (TPSA) is 20.2 Å². The minimum Gasteiger partial charge on any atom is -0.388 e. The lowest BCUT2D eigenvalue weighted by atomic mass is 9.95. The summed E-state index contributed by atoms with van der Waals surface area (Å²) < 4.78 is 1.21. The molecule has 1 N–H and O–H groups in total. The highest BCUT2D eigenvalue weighted by atomic mass is 127. The lowest BCUT2D eigenvalue weighted by Crippen LogP contribution is -2.07. The number of hydrogen-bond acceptors (Lipinski definition) is 1. The van der Waals surface area contributed by atoms with Crippen LogP contribution >= 0.6 is 22.6 Å². The van der Waals surface area contributed by atoms with E-state index in [2.05, 4.69) is 36.4 Å². The van der Waals surface area contributed by atoms with Crippen LogP contribution < -0.4 is 0 Å². The van der Waals surface area contributed by atoms with Gasteiger partial charge in [-0.2, -0.15) is 0 Å². The average molecular weight is 290 g/mol. The molecule has 0 aromatic heterocycles. The Morgan fingerprint density at radius 1 is 1.31 bits per heavy atom. The minimum absolute atomic E-state index is 0.318. The maximum atomic E-state index is 9.88. The SMILES string of the molecule is CCC(C)C(O)c1ccc(I)cc1. The van der Waals surface area contributed by atoms with Crippen LogP contribution in [0.5, 0.6) is 0 Å². The summed E-state index contributed by atoms with van der Waals surface area (Å²) in [4.78, 5) is 0. The van der Waals surface area contributed by atoms with E-state index in [0.717, 1.165) is 12.0 Å². The summed E-state index contributed by atoms with van der Waals surface area (Å²) in [5.74, 6) is 0.333. The van der Waals surface area contributed by atoms with Crippen molar-refractivity contribution >= 4 is 22.6 Å². The highest BCUT2D eigenvalue weighted by Crippen LogP contribution is 2.24. The number of halogens is 1. The molecule has 0 saturated carbocycles. The van der Waals surface area contributed by atoms with Gasteiger partial charge in [0.15, 0.2) is 0 Å². The smallest absolute Gasteiger partial charge is 0.0815 e. The molecule has 0 heterocycles. The third-order valence-corrected chi connectivity index (χ3v) is 3.11. The fourth-order valence-electron chi connectivity index (χ4n) is 1.21. The first-order valence-electron chi connectivity index (χ1n) is 4.58. The molecule has 0 aliphatic carbocycles. The molecule has 0 spiro atoms. The molecule has 0 fully saturated rings. The second-order valence-electron chi connectivity index (χ2n) is 3.38. The molecule has 1 aromatic rings. The maximum absolute atomic E-state index is 9.88. The highest BCUT2D eigenvalue weighted by molar-refractivity contribution is 14.1. The fraction of sp³-hybridized carbons (Fsp3) is 0.455. The van der Waals surface area contributed by atoms with Crippen LogP contribution in [0.25, 0.3) is 0 Å². The lowest BCUT2D eigenvalue weighted by Gasteiger charge is -2.17. The Hall–Kier alpha value is -0.0900. The van der Waals surface area contributed by atoms with Crippen LogP contribution in [0.15, 0.2) is 24.3 Å². The zero-order valence-electron chi connectivity index (χ0n) is 8.00. The Balaban J connectivity index is 2.77.